The molecule has 1 heterocycles. The highest BCUT2D eigenvalue weighted by Gasteiger charge is 2.51. The number of fused-ring (bicyclic) bond motifs is 3. The van der Waals surface area contributed by atoms with Gasteiger partial charge >= 0.3 is 0 Å². The second-order valence-corrected chi connectivity index (χ2v) is 10.7. The minimum atomic E-state index is -1.23. The van der Waals surface area contributed by atoms with Gasteiger partial charge in [-0.25, -0.2) is 0 Å². The Morgan fingerprint density at radius 3 is 2.42 bits per heavy atom. The number of allylic oxidation sites excluding steroid dienone is 1. The second-order valence-electron chi connectivity index (χ2n) is 10.7. The van der Waals surface area contributed by atoms with E-state index >= 15 is 0 Å². The number of nitrogens with one attached hydrogen (secondary N) is 1. The van der Waals surface area contributed by atoms with Gasteiger partial charge in [0.2, 0.25) is 11.8 Å². The number of rotatable bonds is 12. The van der Waals surface area contributed by atoms with Crippen molar-refractivity contribution >= 4 is 11.8 Å². The van der Waals surface area contributed by atoms with Gasteiger partial charge in [0.05, 0.1) is 46.5 Å². The molecule has 0 radical (unpaired) electrons. The summed E-state index contributed by atoms with van der Waals surface area (Å²) in [6, 6.07) is 7.84. The van der Waals surface area contributed by atoms with Crippen LogP contribution in [-0.4, -0.2) is 91.3 Å². The normalized spacial score (nSPS) is 20.1. The van der Waals surface area contributed by atoms with E-state index < -0.39 is 30.1 Å². The molecule has 2 aromatic carbocycles. The minimum absolute atomic E-state index is 0.0184. The number of hydrogen-bond donors (Lipinski definition) is 4. The molecule has 1 aliphatic carbocycles. The van der Waals surface area contributed by atoms with Crippen LogP contribution < -0.4 is 24.3 Å². The number of aliphatic hydroxyl groups excluding tert-OH is 3. The summed E-state index contributed by atoms with van der Waals surface area (Å²) in [7, 11) is 4.60. The SMILES string of the molecule is COc1ccc(OC)c(CCN(C(=O)C=C(C)C)C2C=C(C(=O)NCCO)C3c4cc(CO)cc(OC)c4OC3C2O)c1. The van der Waals surface area contributed by atoms with E-state index in [1.807, 2.05) is 6.07 Å². The van der Waals surface area contributed by atoms with Gasteiger partial charge in [-0.1, -0.05) is 5.57 Å². The topological polar surface area (TPSA) is 147 Å². The molecule has 0 bridgehead atoms. The Bertz CT molecular complexity index is 1400. The highest BCUT2D eigenvalue weighted by molar-refractivity contribution is 5.96. The van der Waals surface area contributed by atoms with E-state index in [2.05, 4.69) is 5.32 Å². The number of hydrogen-bond acceptors (Lipinski definition) is 9. The van der Waals surface area contributed by atoms with Crippen molar-refractivity contribution in [2.24, 2.45) is 0 Å². The molecule has 4 N–H and O–H groups in total. The van der Waals surface area contributed by atoms with Crippen LogP contribution in [0.2, 0.25) is 0 Å². The van der Waals surface area contributed by atoms with Crippen molar-refractivity contribution in [2.45, 2.75) is 51.0 Å². The van der Waals surface area contributed by atoms with Gasteiger partial charge in [0, 0.05) is 30.3 Å². The van der Waals surface area contributed by atoms with Crippen molar-refractivity contribution in [2.75, 3.05) is 41.0 Å². The van der Waals surface area contributed by atoms with Crippen molar-refractivity contribution in [3.63, 3.8) is 0 Å². The third-order valence-corrected chi connectivity index (χ3v) is 7.66. The molecule has 11 heteroatoms. The summed E-state index contributed by atoms with van der Waals surface area (Å²) >= 11 is 0. The maximum atomic E-state index is 13.7. The van der Waals surface area contributed by atoms with Gasteiger partial charge in [0.1, 0.15) is 23.7 Å². The zero-order chi connectivity index (χ0) is 31.3. The lowest BCUT2D eigenvalue weighted by atomic mass is 9.77. The average Bonchev–Trinajstić information content (AvgIpc) is 3.39. The Hall–Kier alpha value is -4.06. The number of benzene rings is 2. The largest absolute Gasteiger partial charge is 0.497 e. The van der Waals surface area contributed by atoms with Crippen LogP contribution in [-0.2, 0) is 22.6 Å². The van der Waals surface area contributed by atoms with Crippen LogP contribution >= 0.6 is 0 Å². The van der Waals surface area contributed by atoms with Crippen molar-refractivity contribution in [3.8, 4) is 23.0 Å². The molecule has 1 aliphatic heterocycles. The number of carbonyl (C=O) groups excluding carboxylic acids is 2. The molecular weight excluding hydrogens is 556 g/mol. The monoisotopic (exact) mass is 596 g/mol. The molecule has 0 saturated heterocycles. The van der Waals surface area contributed by atoms with Crippen molar-refractivity contribution in [1.82, 2.24) is 10.2 Å². The van der Waals surface area contributed by atoms with E-state index in [1.165, 1.54) is 18.1 Å². The maximum absolute atomic E-state index is 13.7. The van der Waals surface area contributed by atoms with Gasteiger partial charge in [-0.3, -0.25) is 9.59 Å². The first-order valence-corrected chi connectivity index (χ1v) is 14.1. The molecule has 4 rings (SSSR count). The predicted molar refractivity (Wildman–Crippen MR) is 158 cm³/mol. The molecular formula is C32H40N2O9. The fourth-order valence-electron chi connectivity index (χ4n) is 5.67. The number of carbonyl (C=O) groups is 2. The second kappa shape index (κ2) is 13.9. The fourth-order valence-corrected chi connectivity index (χ4v) is 5.67. The van der Waals surface area contributed by atoms with Gasteiger partial charge in [-0.15, -0.1) is 0 Å². The standard InChI is InChI=1S/C32H40N2O9/c1-18(2)12-27(37)34(10-8-20-15-21(40-3)6-7-25(20)41-4)24-16-23(32(39)33-9-11-35)28-22-13-19(17-36)14-26(42-5)30(22)43-31(28)29(24)38/h6-7,12-16,24,28-29,31,35-36,38H,8-11,17H2,1-5H3,(H,33,39). The molecule has 43 heavy (non-hydrogen) atoms. The highest BCUT2D eigenvalue weighted by Crippen LogP contribution is 2.51. The van der Waals surface area contributed by atoms with Crippen LogP contribution in [0.4, 0.5) is 0 Å². The van der Waals surface area contributed by atoms with Crippen molar-refractivity contribution in [3.05, 3.63) is 70.3 Å². The van der Waals surface area contributed by atoms with Gasteiger partial charge in [-0.05, 0) is 67.8 Å². The number of methoxy groups -OCH3 is 3. The summed E-state index contributed by atoms with van der Waals surface area (Å²) < 4.78 is 22.7. The van der Waals surface area contributed by atoms with Crippen LogP contribution in [0.25, 0.3) is 0 Å². The lowest BCUT2D eigenvalue weighted by Crippen LogP contribution is -2.56. The molecule has 2 aliphatic rings. The van der Waals surface area contributed by atoms with E-state index in [0.717, 1.165) is 11.1 Å². The van der Waals surface area contributed by atoms with Crippen LogP contribution in [0.1, 0.15) is 36.5 Å². The van der Waals surface area contributed by atoms with Gasteiger partial charge in [-0.2, -0.15) is 0 Å². The Balaban J connectivity index is 1.80. The average molecular weight is 597 g/mol. The number of nitrogens with zero attached hydrogens (tertiary/aromatic N) is 1. The Labute approximate surface area is 251 Å². The van der Waals surface area contributed by atoms with Gasteiger partial charge in [0.15, 0.2) is 11.5 Å². The zero-order valence-electron chi connectivity index (χ0n) is 25.1. The molecule has 232 valence electrons. The first-order valence-electron chi connectivity index (χ1n) is 14.1. The minimum Gasteiger partial charge on any atom is -0.497 e. The van der Waals surface area contributed by atoms with Crippen LogP contribution in [0, 0.1) is 0 Å². The molecule has 4 atom stereocenters. The van der Waals surface area contributed by atoms with E-state index in [-0.39, 0.29) is 37.8 Å². The zero-order valence-corrected chi connectivity index (χ0v) is 25.1. The van der Waals surface area contributed by atoms with E-state index in [1.54, 1.807) is 58.4 Å². The molecule has 0 fully saturated rings. The summed E-state index contributed by atoms with van der Waals surface area (Å²) in [5.41, 5.74) is 2.99. The molecule has 0 spiro atoms. The third kappa shape index (κ3) is 6.64. The predicted octanol–water partition coefficient (Wildman–Crippen LogP) is 1.86. The van der Waals surface area contributed by atoms with Crippen LogP contribution in [0.5, 0.6) is 23.0 Å². The summed E-state index contributed by atoms with van der Waals surface area (Å²) in [6.45, 7) is 3.28. The summed E-state index contributed by atoms with van der Waals surface area (Å²) in [5, 5.41) is 33.8. The van der Waals surface area contributed by atoms with Gasteiger partial charge < -0.3 is 44.5 Å². The van der Waals surface area contributed by atoms with E-state index in [4.69, 9.17) is 18.9 Å². The Morgan fingerprint density at radius 1 is 1.05 bits per heavy atom. The summed E-state index contributed by atoms with van der Waals surface area (Å²) in [6.07, 6.45) is 1.30. The molecule has 0 aromatic heterocycles. The smallest absolute Gasteiger partial charge is 0.247 e. The Morgan fingerprint density at radius 2 is 1.79 bits per heavy atom. The summed E-state index contributed by atoms with van der Waals surface area (Å²) in [4.78, 5) is 28.7. The highest BCUT2D eigenvalue weighted by atomic mass is 16.5. The third-order valence-electron chi connectivity index (χ3n) is 7.66. The first-order chi connectivity index (χ1) is 20.7. The molecule has 0 saturated carbocycles. The molecule has 2 amide bonds. The molecule has 2 aromatic rings. The first kappa shape index (κ1) is 31.9. The maximum Gasteiger partial charge on any atom is 0.247 e. The summed E-state index contributed by atoms with van der Waals surface area (Å²) in [5.74, 6) is 0.464. The van der Waals surface area contributed by atoms with E-state index in [9.17, 15) is 24.9 Å². The van der Waals surface area contributed by atoms with E-state index in [0.29, 0.717) is 40.5 Å². The van der Waals surface area contributed by atoms with Crippen LogP contribution in [0.15, 0.2) is 53.6 Å². The molecule has 11 nitrogen and oxygen atoms in total. The molecule has 4 unspecified atom stereocenters. The van der Waals surface area contributed by atoms with Crippen molar-refractivity contribution in [1.29, 1.82) is 0 Å². The van der Waals surface area contributed by atoms with Gasteiger partial charge in [0.25, 0.3) is 0 Å². The number of aliphatic hydroxyl groups is 3. The fraction of sp³-hybridized carbons (Fsp3) is 0.438. The van der Waals surface area contributed by atoms with Crippen LogP contribution in [0.3, 0.4) is 0 Å². The number of ether oxygens (including phenoxy) is 4. The van der Waals surface area contributed by atoms with Crippen molar-refractivity contribution < 1.29 is 43.9 Å². The number of amides is 2. The lowest BCUT2D eigenvalue weighted by molar-refractivity contribution is -0.132. The quantitative estimate of drug-likeness (QED) is 0.270. The lowest BCUT2D eigenvalue weighted by Gasteiger charge is -2.40. The Kier molecular flexibility index (Phi) is 10.3.